The molecule has 28 heavy (non-hydrogen) atoms. The number of rotatable bonds is 4. The number of ether oxygens (including phenoxy) is 1. The fourth-order valence-corrected chi connectivity index (χ4v) is 4.21. The molecule has 3 aromatic rings. The number of hydrogen-bond acceptors (Lipinski definition) is 2. The van der Waals surface area contributed by atoms with Crippen molar-refractivity contribution in [3.8, 4) is 11.5 Å². The zero-order chi connectivity index (χ0) is 20.0. The first-order chi connectivity index (χ1) is 13.4. The van der Waals surface area contributed by atoms with Crippen LogP contribution in [0.5, 0.6) is 0 Å². The Morgan fingerprint density at radius 2 is 1.64 bits per heavy atom. The highest BCUT2D eigenvalue weighted by molar-refractivity contribution is 6.89. The highest BCUT2D eigenvalue weighted by Crippen LogP contribution is 2.28. The van der Waals surface area contributed by atoms with Gasteiger partial charge in [0.2, 0.25) is 0 Å². The molecule has 1 unspecified atom stereocenters. The van der Waals surface area contributed by atoms with Crippen LogP contribution in [0.15, 0.2) is 84.6 Å². The summed E-state index contributed by atoms with van der Waals surface area (Å²) in [7, 11) is -1.93. The molecule has 0 aliphatic carbocycles. The molecule has 0 fully saturated rings. The van der Waals surface area contributed by atoms with Crippen LogP contribution in [0.1, 0.15) is 24.2 Å². The fourth-order valence-electron chi connectivity index (χ4n) is 3.01. The third-order valence-electron chi connectivity index (χ3n) is 4.41. The predicted octanol–water partition coefficient (Wildman–Crippen LogP) is 5.84. The van der Waals surface area contributed by atoms with Gasteiger partial charge in [-0.25, -0.2) is 0 Å². The maximum Gasteiger partial charge on any atom is 0.303 e. The standard InChI is InChI=1S/C25H24O2Si/c1-20(26)27-25(24-15-9-13-22-12-7-8-14-23(22)24)17-19-28(2,3)18-16-21-10-5-4-6-11-21/h4-15,17,19,25H,1-3H3/b19-17+. The van der Waals surface area contributed by atoms with Crippen LogP contribution in [0.4, 0.5) is 0 Å². The monoisotopic (exact) mass is 384 g/mol. The van der Waals surface area contributed by atoms with Gasteiger partial charge in [0.05, 0.1) is 0 Å². The average Bonchev–Trinajstić information content (AvgIpc) is 2.70. The Labute approximate surface area is 167 Å². The molecular weight excluding hydrogens is 360 g/mol. The second kappa shape index (κ2) is 8.73. The van der Waals surface area contributed by atoms with Crippen LogP contribution in [0.25, 0.3) is 10.8 Å². The lowest BCUT2D eigenvalue weighted by Gasteiger charge is -2.17. The molecule has 3 aromatic carbocycles. The summed E-state index contributed by atoms with van der Waals surface area (Å²) in [6, 6.07) is 24.2. The normalized spacial score (nSPS) is 12.4. The van der Waals surface area contributed by atoms with Gasteiger partial charge in [-0.2, -0.15) is 0 Å². The van der Waals surface area contributed by atoms with Gasteiger partial charge in [-0.1, -0.05) is 85.4 Å². The van der Waals surface area contributed by atoms with Gasteiger partial charge in [-0.15, -0.1) is 5.54 Å². The van der Waals surface area contributed by atoms with E-state index in [1.54, 1.807) is 0 Å². The Morgan fingerprint density at radius 1 is 0.964 bits per heavy atom. The third-order valence-corrected chi connectivity index (χ3v) is 6.21. The zero-order valence-electron chi connectivity index (χ0n) is 16.5. The SMILES string of the molecule is CC(=O)OC(/C=C/[Si](C)(C)C#Cc1ccccc1)c1cccc2ccccc12. The number of hydrogen-bond donors (Lipinski definition) is 0. The van der Waals surface area contributed by atoms with Gasteiger partial charge in [-0.05, 0) is 29.0 Å². The van der Waals surface area contributed by atoms with E-state index in [-0.39, 0.29) is 5.97 Å². The zero-order valence-corrected chi connectivity index (χ0v) is 17.5. The minimum absolute atomic E-state index is 0.294. The minimum atomic E-state index is -1.93. The van der Waals surface area contributed by atoms with E-state index in [0.29, 0.717) is 0 Å². The molecule has 140 valence electrons. The van der Waals surface area contributed by atoms with Crippen molar-refractivity contribution in [3.63, 3.8) is 0 Å². The second-order valence-corrected chi connectivity index (χ2v) is 11.3. The van der Waals surface area contributed by atoms with Gasteiger partial charge < -0.3 is 4.74 Å². The number of esters is 1. The second-order valence-electron chi connectivity index (χ2n) is 7.30. The van der Waals surface area contributed by atoms with Crippen molar-refractivity contribution < 1.29 is 9.53 Å². The Balaban J connectivity index is 1.92. The molecule has 0 aromatic heterocycles. The molecule has 0 spiro atoms. The van der Waals surface area contributed by atoms with Crippen molar-refractivity contribution in [2.45, 2.75) is 26.1 Å². The molecule has 0 saturated heterocycles. The third kappa shape index (κ3) is 5.22. The molecule has 0 bridgehead atoms. The molecule has 0 saturated carbocycles. The van der Waals surface area contributed by atoms with E-state index in [0.717, 1.165) is 21.9 Å². The Morgan fingerprint density at radius 3 is 2.39 bits per heavy atom. The molecule has 2 nitrogen and oxygen atoms in total. The first kappa shape index (κ1) is 19.7. The Hall–Kier alpha value is -3.09. The molecule has 0 amide bonds. The summed E-state index contributed by atoms with van der Waals surface area (Å²) < 4.78 is 5.65. The predicted molar refractivity (Wildman–Crippen MR) is 118 cm³/mol. The lowest BCUT2D eigenvalue weighted by molar-refractivity contribution is -0.144. The molecule has 0 aliphatic heterocycles. The molecule has 0 heterocycles. The van der Waals surface area contributed by atoms with Crippen molar-refractivity contribution in [3.05, 3.63) is 95.7 Å². The topological polar surface area (TPSA) is 26.3 Å². The number of carbonyl (C=O) groups excluding carboxylic acids is 1. The van der Waals surface area contributed by atoms with Crippen LogP contribution in [0.2, 0.25) is 13.1 Å². The molecule has 1 atom stereocenters. The summed E-state index contributed by atoms with van der Waals surface area (Å²) in [4.78, 5) is 11.7. The highest BCUT2D eigenvalue weighted by Gasteiger charge is 2.18. The van der Waals surface area contributed by atoms with Crippen LogP contribution in [-0.2, 0) is 9.53 Å². The summed E-state index contributed by atoms with van der Waals surface area (Å²) in [5.74, 6) is 2.98. The fraction of sp³-hybridized carbons (Fsp3) is 0.160. The molecular formula is C25H24O2Si. The van der Waals surface area contributed by atoms with Gasteiger partial charge >= 0.3 is 5.97 Å². The summed E-state index contributed by atoms with van der Waals surface area (Å²) in [6.45, 7) is 5.82. The highest BCUT2D eigenvalue weighted by atomic mass is 28.3. The summed E-state index contributed by atoms with van der Waals surface area (Å²) >= 11 is 0. The molecule has 3 heteroatoms. The quantitative estimate of drug-likeness (QED) is 0.321. The minimum Gasteiger partial charge on any atom is -0.453 e. The molecule has 3 rings (SSSR count). The van der Waals surface area contributed by atoms with Crippen molar-refractivity contribution in [2.75, 3.05) is 0 Å². The molecule has 0 aliphatic rings. The van der Waals surface area contributed by atoms with Gasteiger partial charge in [0, 0.05) is 18.1 Å². The largest absolute Gasteiger partial charge is 0.453 e. The van der Waals surface area contributed by atoms with Crippen LogP contribution in [-0.4, -0.2) is 14.0 Å². The van der Waals surface area contributed by atoms with Crippen molar-refractivity contribution in [1.29, 1.82) is 0 Å². The molecule has 0 N–H and O–H groups in total. The van der Waals surface area contributed by atoms with Crippen LogP contribution >= 0.6 is 0 Å². The van der Waals surface area contributed by atoms with E-state index in [2.05, 4.69) is 48.5 Å². The number of carbonyl (C=O) groups is 1. The van der Waals surface area contributed by atoms with Crippen LogP contribution < -0.4 is 0 Å². The van der Waals surface area contributed by atoms with Gasteiger partial charge in [0.25, 0.3) is 0 Å². The Kier molecular flexibility index (Phi) is 6.13. The van der Waals surface area contributed by atoms with E-state index in [1.807, 2.05) is 60.7 Å². The van der Waals surface area contributed by atoms with E-state index in [4.69, 9.17) is 4.74 Å². The van der Waals surface area contributed by atoms with Crippen molar-refractivity contribution >= 4 is 24.8 Å². The smallest absolute Gasteiger partial charge is 0.303 e. The van der Waals surface area contributed by atoms with Gasteiger partial charge in [-0.3, -0.25) is 4.79 Å². The van der Waals surface area contributed by atoms with Crippen LogP contribution in [0.3, 0.4) is 0 Å². The van der Waals surface area contributed by atoms with Gasteiger partial charge in [0.15, 0.2) is 8.07 Å². The first-order valence-electron chi connectivity index (χ1n) is 9.37. The van der Waals surface area contributed by atoms with Gasteiger partial charge in [0.1, 0.15) is 6.10 Å². The summed E-state index contributed by atoms with van der Waals surface area (Å²) in [5, 5.41) is 2.22. The lowest BCUT2D eigenvalue weighted by atomic mass is 10.0. The first-order valence-corrected chi connectivity index (χ1v) is 12.4. The van der Waals surface area contributed by atoms with Crippen molar-refractivity contribution in [1.82, 2.24) is 0 Å². The van der Waals surface area contributed by atoms with E-state index < -0.39 is 14.2 Å². The van der Waals surface area contributed by atoms with E-state index >= 15 is 0 Å². The molecule has 0 radical (unpaired) electrons. The average molecular weight is 385 g/mol. The van der Waals surface area contributed by atoms with E-state index in [9.17, 15) is 4.79 Å². The Bertz CT molecular complexity index is 1050. The maximum absolute atomic E-state index is 11.7. The van der Waals surface area contributed by atoms with E-state index in [1.165, 1.54) is 6.92 Å². The summed E-state index contributed by atoms with van der Waals surface area (Å²) in [6.07, 6.45) is 1.57. The van der Waals surface area contributed by atoms with Crippen molar-refractivity contribution in [2.24, 2.45) is 0 Å². The maximum atomic E-state index is 11.7. The number of fused-ring (bicyclic) bond motifs is 1. The van der Waals surface area contributed by atoms with Crippen LogP contribution in [0, 0.1) is 11.5 Å². The lowest BCUT2D eigenvalue weighted by Crippen LogP contribution is -2.21. The number of benzene rings is 3. The summed E-state index contributed by atoms with van der Waals surface area (Å²) in [5.41, 5.74) is 7.59.